The van der Waals surface area contributed by atoms with Gasteiger partial charge in [-0.05, 0) is 37.5 Å². The van der Waals surface area contributed by atoms with Crippen molar-refractivity contribution in [2.45, 2.75) is 31.7 Å². The summed E-state index contributed by atoms with van der Waals surface area (Å²) < 4.78 is 0. The molecule has 2 heterocycles. The molecule has 2 amide bonds. The van der Waals surface area contributed by atoms with Crippen LogP contribution >= 0.6 is 11.6 Å². The van der Waals surface area contributed by atoms with Gasteiger partial charge in [0.1, 0.15) is 6.04 Å². The molecule has 2 saturated heterocycles. The smallest absolute Gasteiger partial charge is 0.326 e. The van der Waals surface area contributed by atoms with E-state index in [1.165, 1.54) is 4.90 Å². The SMILES string of the molecule is O=C(O)C1CCCN1C(=O)c1cc(N2CCCC2=O)ccc1Cl. The van der Waals surface area contributed by atoms with Crippen LogP contribution in [0.15, 0.2) is 18.2 Å². The first-order valence-corrected chi connectivity index (χ1v) is 8.00. The van der Waals surface area contributed by atoms with E-state index < -0.39 is 17.9 Å². The Bertz CT molecular complexity index is 676. The number of carboxylic acid groups (broad SMARTS) is 1. The standard InChI is InChI=1S/C16H17ClN2O4/c17-12-6-5-10(18-7-2-4-14(18)20)9-11(12)15(21)19-8-1-3-13(19)16(22)23/h5-6,9,13H,1-4,7-8H2,(H,22,23). The molecular weight excluding hydrogens is 320 g/mol. The number of likely N-dealkylation sites (tertiary alicyclic amines) is 1. The van der Waals surface area contributed by atoms with Crippen LogP contribution in [0.3, 0.4) is 0 Å². The first-order chi connectivity index (χ1) is 11.0. The topological polar surface area (TPSA) is 77.9 Å². The Morgan fingerprint density at radius 3 is 2.65 bits per heavy atom. The van der Waals surface area contributed by atoms with E-state index in [-0.39, 0.29) is 16.5 Å². The summed E-state index contributed by atoms with van der Waals surface area (Å²) in [5, 5.41) is 9.50. The molecule has 23 heavy (non-hydrogen) atoms. The number of anilines is 1. The van der Waals surface area contributed by atoms with Crippen molar-refractivity contribution in [3.05, 3.63) is 28.8 Å². The Labute approximate surface area is 138 Å². The van der Waals surface area contributed by atoms with E-state index >= 15 is 0 Å². The van der Waals surface area contributed by atoms with Gasteiger partial charge in [-0.25, -0.2) is 4.79 Å². The largest absolute Gasteiger partial charge is 0.480 e. The minimum Gasteiger partial charge on any atom is -0.480 e. The van der Waals surface area contributed by atoms with Crippen molar-refractivity contribution >= 4 is 35.1 Å². The zero-order chi connectivity index (χ0) is 16.6. The lowest BCUT2D eigenvalue weighted by molar-refractivity contribution is -0.141. The molecule has 0 aliphatic carbocycles. The predicted octanol–water partition coefficient (Wildman–Crippen LogP) is 2.16. The van der Waals surface area contributed by atoms with Crippen molar-refractivity contribution < 1.29 is 19.5 Å². The van der Waals surface area contributed by atoms with Crippen molar-refractivity contribution in [3.63, 3.8) is 0 Å². The molecule has 1 N–H and O–H groups in total. The van der Waals surface area contributed by atoms with Crippen LogP contribution in [0.5, 0.6) is 0 Å². The summed E-state index contributed by atoms with van der Waals surface area (Å²) in [6.07, 6.45) is 2.39. The maximum absolute atomic E-state index is 12.7. The number of carbonyl (C=O) groups is 3. The normalized spacial score (nSPS) is 21.1. The Kier molecular flexibility index (Phi) is 4.26. The number of aliphatic carboxylic acids is 1. The van der Waals surface area contributed by atoms with E-state index in [1.807, 2.05) is 0 Å². The number of carboxylic acids is 1. The number of hydrogen-bond donors (Lipinski definition) is 1. The van der Waals surface area contributed by atoms with Crippen LogP contribution in [0.4, 0.5) is 5.69 Å². The number of hydrogen-bond acceptors (Lipinski definition) is 3. The van der Waals surface area contributed by atoms with Crippen molar-refractivity contribution in [1.82, 2.24) is 4.90 Å². The van der Waals surface area contributed by atoms with Gasteiger partial charge in [0.05, 0.1) is 10.6 Å². The molecule has 2 fully saturated rings. The monoisotopic (exact) mass is 336 g/mol. The van der Waals surface area contributed by atoms with Gasteiger partial charge < -0.3 is 14.9 Å². The van der Waals surface area contributed by atoms with Crippen LogP contribution in [0.2, 0.25) is 5.02 Å². The maximum atomic E-state index is 12.7. The highest BCUT2D eigenvalue weighted by Crippen LogP contribution is 2.29. The predicted molar refractivity (Wildman–Crippen MR) is 84.7 cm³/mol. The Hall–Kier alpha value is -2.08. The molecule has 1 atom stereocenters. The van der Waals surface area contributed by atoms with Crippen LogP contribution in [0.25, 0.3) is 0 Å². The van der Waals surface area contributed by atoms with E-state index in [4.69, 9.17) is 11.6 Å². The molecule has 0 saturated carbocycles. The quantitative estimate of drug-likeness (QED) is 0.917. The Balaban J connectivity index is 1.91. The molecule has 1 unspecified atom stereocenters. The van der Waals surface area contributed by atoms with Gasteiger partial charge in [-0.2, -0.15) is 0 Å². The lowest BCUT2D eigenvalue weighted by atomic mass is 10.1. The minimum atomic E-state index is -1.00. The number of amides is 2. The fourth-order valence-corrected chi connectivity index (χ4v) is 3.39. The molecule has 7 heteroatoms. The average Bonchev–Trinajstić information content (AvgIpc) is 3.16. The maximum Gasteiger partial charge on any atom is 0.326 e. The molecule has 3 rings (SSSR count). The van der Waals surface area contributed by atoms with Gasteiger partial charge in [-0.1, -0.05) is 11.6 Å². The average molecular weight is 337 g/mol. The third-order valence-electron chi connectivity index (χ3n) is 4.36. The van der Waals surface area contributed by atoms with E-state index in [9.17, 15) is 19.5 Å². The van der Waals surface area contributed by atoms with E-state index in [1.54, 1.807) is 23.1 Å². The number of carbonyl (C=O) groups excluding carboxylic acids is 2. The minimum absolute atomic E-state index is 0.0234. The lowest BCUT2D eigenvalue weighted by Crippen LogP contribution is -2.40. The van der Waals surface area contributed by atoms with E-state index in [0.29, 0.717) is 38.0 Å². The third-order valence-corrected chi connectivity index (χ3v) is 4.69. The molecule has 1 aromatic rings. The molecular formula is C16H17ClN2O4. The van der Waals surface area contributed by atoms with Crippen LogP contribution < -0.4 is 4.90 Å². The van der Waals surface area contributed by atoms with Gasteiger partial charge in [0.15, 0.2) is 0 Å². The van der Waals surface area contributed by atoms with Crippen LogP contribution in [0, 0.1) is 0 Å². The summed E-state index contributed by atoms with van der Waals surface area (Å²) in [4.78, 5) is 38.8. The zero-order valence-corrected chi connectivity index (χ0v) is 13.3. The molecule has 122 valence electrons. The summed E-state index contributed by atoms with van der Waals surface area (Å²) in [6.45, 7) is 1.02. The lowest BCUT2D eigenvalue weighted by Gasteiger charge is -2.23. The fraction of sp³-hybridized carbons (Fsp3) is 0.438. The van der Waals surface area contributed by atoms with Crippen LogP contribution in [-0.4, -0.2) is 46.9 Å². The van der Waals surface area contributed by atoms with Crippen molar-refractivity contribution in [2.75, 3.05) is 18.0 Å². The highest BCUT2D eigenvalue weighted by atomic mass is 35.5. The first kappa shape index (κ1) is 15.8. The van der Waals surface area contributed by atoms with Crippen molar-refractivity contribution in [2.24, 2.45) is 0 Å². The summed E-state index contributed by atoms with van der Waals surface area (Å²) in [5.74, 6) is -1.37. The Morgan fingerprint density at radius 1 is 1.22 bits per heavy atom. The van der Waals surface area contributed by atoms with Gasteiger partial charge in [-0.3, -0.25) is 9.59 Å². The fourth-order valence-electron chi connectivity index (χ4n) is 3.19. The number of halogens is 1. The number of benzene rings is 1. The second-order valence-corrected chi connectivity index (χ2v) is 6.22. The molecule has 2 aliphatic heterocycles. The summed E-state index contributed by atoms with van der Waals surface area (Å²) in [7, 11) is 0. The van der Waals surface area contributed by atoms with E-state index in [2.05, 4.69) is 0 Å². The molecule has 0 spiro atoms. The van der Waals surface area contributed by atoms with Gasteiger partial charge >= 0.3 is 5.97 Å². The Morgan fingerprint density at radius 2 is 2.00 bits per heavy atom. The highest BCUT2D eigenvalue weighted by Gasteiger charge is 2.35. The van der Waals surface area contributed by atoms with Gasteiger partial charge in [0, 0.05) is 25.2 Å². The summed E-state index contributed by atoms with van der Waals surface area (Å²) in [5.41, 5.74) is 0.878. The molecule has 0 aromatic heterocycles. The molecule has 6 nitrogen and oxygen atoms in total. The summed E-state index contributed by atoms with van der Waals surface area (Å²) in [6, 6.07) is 4.07. The van der Waals surface area contributed by atoms with Crippen LogP contribution in [0.1, 0.15) is 36.0 Å². The molecule has 2 aliphatic rings. The zero-order valence-electron chi connectivity index (χ0n) is 12.5. The third kappa shape index (κ3) is 2.91. The van der Waals surface area contributed by atoms with Crippen molar-refractivity contribution in [3.8, 4) is 0 Å². The van der Waals surface area contributed by atoms with Gasteiger partial charge in [0.25, 0.3) is 5.91 Å². The highest BCUT2D eigenvalue weighted by molar-refractivity contribution is 6.34. The molecule has 0 radical (unpaired) electrons. The second-order valence-electron chi connectivity index (χ2n) is 5.81. The van der Waals surface area contributed by atoms with Gasteiger partial charge in [-0.15, -0.1) is 0 Å². The van der Waals surface area contributed by atoms with Crippen molar-refractivity contribution in [1.29, 1.82) is 0 Å². The summed E-state index contributed by atoms with van der Waals surface area (Å²) >= 11 is 6.14. The van der Waals surface area contributed by atoms with Gasteiger partial charge in [0.2, 0.25) is 5.91 Å². The first-order valence-electron chi connectivity index (χ1n) is 7.62. The number of rotatable bonds is 3. The number of nitrogens with zero attached hydrogens (tertiary/aromatic N) is 2. The van der Waals surface area contributed by atoms with E-state index in [0.717, 1.165) is 6.42 Å². The molecule has 0 bridgehead atoms. The van der Waals surface area contributed by atoms with Crippen LogP contribution in [-0.2, 0) is 9.59 Å². The molecule has 1 aromatic carbocycles. The second kappa shape index (κ2) is 6.20.